The molecule has 1 unspecified atom stereocenters. The van der Waals surface area contributed by atoms with Crippen LogP contribution in [0.4, 0.5) is 0 Å². The molecule has 1 atom stereocenters. The average molecular weight is 376 g/mol. The smallest absolute Gasteiger partial charge is 0.335 e. The minimum atomic E-state index is -0.922. The molecule has 1 aliphatic carbocycles. The highest BCUT2D eigenvalue weighted by Gasteiger charge is 2.39. The van der Waals surface area contributed by atoms with Gasteiger partial charge in [-0.15, -0.1) is 0 Å². The number of amides is 1. The predicted molar refractivity (Wildman–Crippen MR) is 106 cm³/mol. The summed E-state index contributed by atoms with van der Waals surface area (Å²) >= 11 is 0. The van der Waals surface area contributed by atoms with Crippen molar-refractivity contribution >= 4 is 11.9 Å². The first-order chi connectivity index (χ1) is 13.6. The first kappa shape index (κ1) is 17.4. The van der Waals surface area contributed by atoms with Gasteiger partial charge in [0.1, 0.15) is 0 Å². The van der Waals surface area contributed by atoms with Crippen molar-refractivity contribution < 1.29 is 14.7 Å². The first-order valence-electron chi connectivity index (χ1n) is 10.1. The summed E-state index contributed by atoms with van der Waals surface area (Å²) in [5, 5.41) is 9.06. The Kier molecular flexibility index (Phi) is 4.20. The van der Waals surface area contributed by atoms with Crippen molar-refractivity contribution in [3.63, 3.8) is 0 Å². The normalized spacial score (nSPS) is 22.4. The Balaban J connectivity index is 1.34. The molecule has 0 radical (unpaired) electrons. The van der Waals surface area contributed by atoms with E-state index in [1.54, 1.807) is 12.1 Å². The molecule has 0 spiro atoms. The molecule has 2 heterocycles. The molecule has 1 N–H and O–H groups in total. The zero-order valence-electron chi connectivity index (χ0n) is 15.8. The van der Waals surface area contributed by atoms with Crippen LogP contribution in [0.5, 0.6) is 0 Å². The number of likely N-dealkylation sites (tertiary alicyclic amines) is 1. The van der Waals surface area contributed by atoms with E-state index in [-0.39, 0.29) is 11.5 Å². The quantitative estimate of drug-likeness (QED) is 0.885. The van der Waals surface area contributed by atoms with E-state index >= 15 is 0 Å². The van der Waals surface area contributed by atoms with Crippen molar-refractivity contribution in [1.29, 1.82) is 0 Å². The summed E-state index contributed by atoms with van der Waals surface area (Å²) in [4.78, 5) is 28.6. The summed E-state index contributed by atoms with van der Waals surface area (Å²) in [5.74, 6) is -0.766. The van der Waals surface area contributed by atoms with Crippen LogP contribution < -0.4 is 0 Å². The monoisotopic (exact) mass is 376 g/mol. The second kappa shape index (κ2) is 6.74. The van der Waals surface area contributed by atoms with E-state index in [1.165, 1.54) is 19.3 Å². The molecule has 1 saturated heterocycles. The number of hydrogen-bond donors (Lipinski definition) is 1. The van der Waals surface area contributed by atoms with Crippen LogP contribution in [0.3, 0.4) is 0 Å². The molecule has 2 aromatic carbocycles. The van der Waals surface area contributed by atoms with Crippen LogP contribution in [-0.4, -0.2) is 52.0 Å². The van der Waals surface area contributed by atoms with Crippen molar-refractivity contribution in [2.24, 2.45) is 0 Å². The molecule has 144 valence electrons. The topological polar surface area (TPSA) is 60.9 Å². The van der Waals surface area contributed by atoms with Crippen molar-refractivity contribution in [1.82, 2.24) is 9.80 Å². The number of rotatable bonds is 4. The van der Waals surface area contributed by atoms with E-state index in [0.717, 1.165) is 47.8 Å². The summed E-state index contributed by atoms with van der Waals surface area (Å²) in [6.45, 7) is 2.79. The van der Waals surface area contributed by atoms with Gasteiger partial charge in [-0.1, -0.05) is 24.6 Å². The summed E-state index contributed by atoms with van der Waals surface area (Å²) in [6.07, 6.45) is 5.03. The van der Waals surface area contributed by atoms with E-state index < -0.39 is 5.97 Å². The molecule has 0 bridgehead atoms. The van der Waals surface area contributed by atoms with Gasteiger partial charge >= 0.3 is 5.97 Å². The highest BCUT2D eigenvalue weighted by molar-refractivity contribution is 5.99. The Morgan fingerprint density at radius 2 is 1.71 bits per heavy atom. The largest absolute Gasteiger partial charge is 0.478 e. The number of benzene rings is 2. The Bertz CT molecular complexity index is 933. The lowest BCUT2D eigenvalue weighted by Crippen LogP contribution is -2.42. The van der Waals surface area contributed by atoms with Crippen LogP contribution in [0.15, 0.2) is 42.5 Å². The third kappa shape index (κ3) is 2.90. The highest BCUT2D eigenvalue weighted by Crippen LogP contribution is 2.34. The van der Waals surface area contributed by atoms with Crippen molar-refractivity contribution in [2.75, 3.05) is 13.1 Å². The molecule has 2 fully saturated rings. The molecule has 5 heteroatoms. The van der Waals surface area contributed by atoms with E-state index in [0.29, 0.717) is 12.6 Å². The van der Waals surface area contributed by atoms with E-state index in [9.17, 15) is 9.59 Å². The lowest BCUT2D eigenvalue weighted by Gasteiger charge is -2.35. The third-order valence-electron chi connectivity index (χ3n) is 6.63. The Morgan fingerprint density at radius 1 is 0.964 bits per heavy atom. The molecule has 2 aromatic rings. The lowest BCUT2D eigenvalue weighted by atomic mass is 9.92. The van der Waals surface area contributed by atoms with E-state index in [4.69, 9.17) is 5.11 Å². The Morgan fingerprint density at radius 3 is 2.39 bits per heavy atom. The van der Waals surface area contributed by atoms with Gasteiger partial charge in [0.25, 0.3) is 5.91 Å². The number of carboxylic acid groups (broad SMARTS) is 1. The molecule has 2 aliphatic heterocycles. The molecule has 5 rings (SSSR count). The second-order valence-corrected chi connectivity index (χ2v) is 8.21. The summed E-state index contributed by atoms with van der Waals surface area (Å²) in [5.41, 5.74) is 4.16. The molecular weight excluding hydrogens is 352 g/mol. The average Bonchev–Trinajstić information content (AvgIpc) is 3.25. The van der Waals surface area contributed by atoms with E-state index in [1.807, 2.05) is 24.3 Å². The lowest BCUT2D eigenvalue weighted by molar-refractivity contribution is 0.0684. The van der Waals surface area contributed by atoms with Crippen LogP contribution in [0, 0.1) is 0 Å². The summed E-state index contributed by atoms with van der Waals surface area (Å²) in [6, 6.07) is 13.9. The summed E-state index contributed by atoms with van der Waals surface area (Å²) < 4.78 is 0. The number of carboxylic acids is 1. The van der Waals surface area contributed by atoms with Crippen LogP contribution in [0.1, 0.15) is 52.0 Å². The van der Waals surface area contributed by atoms with Gasteiger partial charge in [-0.3, -0.25) is 9.69 Å². The SMILES string of the molecule is O=C(O)c1ccc(-c2ccc3c(c2)CN(C2CCN(C4CCC4)C2)C3=O)cc1. The first-order valence-corrected chi connectivity index (χ1v) is 10.1. The minimum Gasteiger partial charge on any atom is -0.478 e. The van der Waals surface area contributed by atoms with Gasteiger partial charge in [0.2, 0.25) is 0 Å². The molecular formula is C23H24N2O3. The number of carbonyl (C=O) groups is 2. The van der Waals surface area contributed by atoms with Crippen molar-refractivity contribution in [3.8, 4) is 11.1 Å². The van der Waals surface area contributed by atoms with Crippen LogP contribution in [-0.2, 0) is 6.54 Å². The number of fused-ring (bicyclic) bond motifs is 1. The maximum absolute atomic E-state index is 13.0. The number of aromatic carboxylic acids is 1. The van der Waals surface area contributed by atoms with Gasteiger partial charge in [0, 0.05) is 37.3 Å². The zero-order valence-corrected chi connectivity index (χ0v) is 15.8. The van der Waals surface area contributed by atoms with Gasteiger partial charge in [-0.2, -0.15) is 0 Å². The van der Waals surface area contributed by atoms with Crippen LogP contribution in [0.2, 0.25) is 0 Å². The minimum absolute atomic E-state index is 0.156. The third-order valence-corrected chi connectivity index (χ3v) is 6.63. The predicted octanol–water partition coefficient (Wildman–Crippen LogP) is 3.63. The molecule has 3 aliphatic rings. The number of hydrogen-bond acceptors (Lipinski definition) is 3. The van der Waals surface area contributed by atoms with Crippen LogP contribution >= 0.6 is 0 Å². The fourth-order valence-electron chi connectivity index (χ4n) is 4.73. The van der Waals surface area contributed by atoms with Crippen molar-refractivity contribution in [2.45, 2.75) is 44.3 Å². The number of carbonyl (C=O) groups excluding carboxylic acids is 1. The number of nitrogens with zero attached hydrogens (tertiary/aromatic N) is 2. The molecule has 1 amide bonds. The maximum atomic E-state index is 13.0. The second-order valence-electron chi connectivity index (χ2n) is 8.21. The Labute approximate surface area is 164 Å². The van der Waals surface area contributed by atoms with Gasteiger partial charge in [-0.05, 0) is 60.2 Å². The van der Waals surface area contributed by atoms with Gasteiger partial charge in [0.15, 0.2) is 0 Å². The fourth-order valence-corrected chi connectivity index (χ4v) is 4.73. The zero-order chi connectivity index (χ0) is 19.3. The van der Waals surface area contributed by atoms with Gasteiger partial charge in [-0.25, -0.2) is 4.79 Å². The summed E-state index contributed by atoms with van der Waals surface area (Å²) in [7, 11) is 0. The standard InChI is InChI=1S/C23H24N2O3/c26-22-21-9-8-17(15-4-6-16(7-5-15)23(27)28)12-18(21)13-25(22)20-10-11-24(14-20)19-2-1-3-19/h4-9,12,19-20H,1-3,10-11,13-14H2,(H,27,28). The van der Waals surface area contributed by atoms with Gasteiger partial charge in [0.05, 0.1) is 5.56 Å². The highest BCUT2D eigenvalue weighted by atomic mass is 16.4. The van der Waals surface area contributed by atoms with Crippen LogP contribution in [0.25, 0.3) is 11.1 Å². The molecule has 5 nitrogen and oxygen atoms in total. The maximum Gasteiger partial charge on any atom is 0.335 e. The molecule has 28 heavy (non-hydrogen) atoms. The van der Waals surface area contributed by atoms with E-state index in [2.05, 4.69) is 15.9 Å². The molecule has 1 saturated carbocycles. The van der Waals surface area contributed by atoms with Crippen molar-refractivity contribution in [3.05, 3.63) is 59.2 Å². The fraction of sp³-hybridized carbons (Fsp3) is 0.391. The van der Waals surface area contributed by atoms with Gasteiger partial charge < -0.3 is 10.0 Å². The molecule has 0 aromatic heterocycles. The Hall–Kier alpha value is -2.66.